The maximum atomic E-state index is 12.4. The minimum absolute atomic E-state index is 0.122. The van der Waals surface area contributed by atoms with Crippen LogP contribution in [-0.2, 0) is 6.42 Å². The highest BCUT2D eigenvalue weighted by Crippen LogP contribution is 2.20. The van der Waals surface area contributed by atoms with Gasteiger partial charge in [0.1, 0.15) is 0 Å². The van der Waals surface area contributed by atoms with Gasteiger partial charge >= 0.3 is 0 Å². The van der Waals surface area contributed by atoms with Crippen molar-refractivity contribution in [2.75, 3.05) is 0 Å². The highest BCUT2D eigenvalue weighted by molar-refractivity contribution is 6.02. The third-order valence-corrected chi connectivity index (χ3v) is 3.41. The summed E-state index contributed by atoms with van der Waals surface area (Å²) in [7, 11) is 0. The van der Waals surface area contributed by atoms with Gasteiger partial charge < -0.3 is 4.98 Å². The SMILES string of the molecule is CCc1c(C)[nH]c2c(ccc3cccnc32)c1=O. The molecular formula is C15H14N2O. The standard InChI is InChI=1S/C15H14N2O/c1-3-11-9(2)17-14-12(15(11)18)7-6-10-5-4-8-16-13(10)14/h4-8H,3H2,1-2H3,(H,17,18). The van der Waals surface area contributed by atoms with Crippen LogP contribution in [0.1, 0.15) is 18.2 Å². The van der Waals surface area contributed by atoms with Crippen LogP contribution in [0.4, 0.5) is 0 Å². The van der Waals surface area contributed by atoms with Gasteiger partial charge in [-0.25, -0.2) is 0 Å². The molecule has 3 nitrogen and oxygen atoms in total. The van der Waals surface area contributed by atoms with E-state index in [0.717, 1.165) is 39.5 Å². The lowest BCUT2D eigenvalue weighted by Gasteiger charge is -2.08. The number of nitrogens with one attached hydrogen (secondary N) is 1. The van der Waals surface area contributed by atoms with Crippen LogP contribution >= 0.6 is 0 Å². The van der Waals surface area contributed by atoms with Crippen LogP contribution in [-0.4, -0.2) is 9.97 Å². The molecule has 3 aromatic rings. The minimum Gasteiger partial charge on any atom is -0.356 e. The summed E-state index contributed by atoms with van der Waals surface area (Å²) in [5.74, 6) is 0. The fourth-order valence-electron chi connectivity index (χ4n) is 2.48. The van der Waals surface area contributed by atoms with Crippen LogP contribution in [0.25, 0.3) is 21.8 Å². The molecule has 0 aliphatic rings. The normalized spacial score (nSPS) is 11.2. The molecule has 0 spiro atoms. The second kappa shape index (κ2) is 3.95. The molecule has 1 N–H and O–H groups in total. The topological polar surface area (TPSA) is 45.8 Å². The predicted molar refractivity (Wildman–Crippen MR) is 74.0 cm³/mol. The number of hydrogen-bond acceptors (Lipinski definition) is 2. The van der Waals surface area contributed by atoms with Gasteiger partial charge in [-0.05, 0) is 25.5 Å². The van der Waals surface area contributed by atoms with Crippen molar-refractivity contribution in [2.24, 2.45) is 0 Å². The molecule has 0 unspecified atom stereocenters. The molecule has 1 aromatic carbocycles. The van der Waals surface area contributed by atoms with Gasteiger partial charge in [-0.2, -0.15) is 0 Å². The Morgan fingerprint density at radius 3 is 2.89 bits per heavy atom. The third kappa shape index (κ3) is 1.44. The Morgan fingerprint density at radius 2 is 2.11 bits per heavy atom. The van der Waals surface area contributed by atoms with Crippen molar-refractivity contribution in [2.45, 2.75) is 20.3 Å². The maximum absolute atomic E-state index is 12.4. The number of rotatable bonds is 1. The number of aromatic amines is 1. The van der Waals surface area contributed by atoms with Crippen molar-refractivity contribution in [1.29, 1.82) is 0 Å². The molecule has 0 aliphatic carbocycles. The number of aryl methyl sites for hydroxylation is 1. The van der Waals surface area contributed by atoms with E-state index in [1.54, 1.807) is 6.20 Å². The molecule has 2 heterocycles. The number of fused-ring (bicyclic) bond motifs is 3. The van der Waals surface area contributed by atoms with E-state index in [4.69, 9.17) is 0 Å². The van der Waals surface area contributed by atoms with Gasteiger partial charge in [-0.3, -0.25) is 9.78 Å². The van der Waals surface area contributed by atoms with Crippen LogP contribution in [0.15, 0.2) is 35.3 Å². The van der Waals surface area contributed by atoms with E-state index in [1.807, 2.05) is 38.1 Å². The fraction of sp³-hybridized carbons (Fsp3) is 0.200. The molecular weight excluding hydrogens is 224 g/mol. The molecule has 0 radical (unpaired) electrons. The zero-order valence-corrected chi connectivity index (χ0v) is 10.4. The molecule has 0 saturated carbocycles. The first-order chi connectivity index (χ1) is 8.72. The summed E-state index contributed by atoms with van der Waals surface area (Å²) < 4.78 is 0. The van der Waals surface area contributed by atoms with E-state index in [9.17, 15) is 4.79 Å². The Morgan fingerprint density at radius 1 is 1.28 bits per heavy atom. The number of nitrogens with zero attached hydrogens (tertiary/aromatic N) is 1. The lowest BCUT2D eigenvalue weighted by molar-refractivity contribution is 1.05. The van der Waals surface area contributed by atoms with E-state index in [-0.39, 0.29) is 5.43 Å². The third-order valence-electron chi connectivity index (χ3n) is 3.41. The second-order valence-corrected chi connectivity index (χ2v) is 4.47. The quantitative estimate of drug-likeness (QED) is 0.662. The highest BCUT2D eigenvalue weighted by atomic mass is 16.1. The Balaban J connectivity index is 2.57. The molecule has 0 bridgehead atoms. The van der Waals surface area contributed by atoms with Crippen molar-refractivity contribution in [3.8, 4) is 0 Å². The Bertz CT molecular complexity index is 803. The first-order valence-electron chi connectivity index (χ1n) is 6.11. The Kier molecular flexibility index (Phi) is 2.40. The molecule has 2 aromatic heterocycles. The van der Waals surface area contributed by atoms with Gasteiger partial charge in [-0.15, -0.1) is 0 Å². The average molecular weight is 238 g/mol. The monoisotopic (exact) mass is 238 g/mol. The maximum Gasteiger partial charge on any atom is 0.192 e. The van der Waals surface area contributed by atoms with Crippen LogP contribution in [0.2, 0.25) is 0 Å². The largest absolute Gasteiger partial charge is 0.356 e. The first kappa shape index (κ1) is 11.0. The molecule has 3 heteroatoms. The summed E-state index contributed by atoms with van der Waals surface area (Å²) in [6.45, 7) is 3.95. The number of pyridine rings is 2. The van der Waals surface area contributed by atoms with Crippen molar-refractivity contribution >= 4 is 21.8 Å². The molecule has 18 heavy (non-hydrogen) atoms. The summed E-state index contributed by atoms with van der Waals surface area (Å²) in [6.07, 6.45) is 2.50. The summed E-state index contributed by atoms with van der Waals surface area (Å²) in [5.41, 5.74) is 3.62. The molecule has 0 aliphatic heterocycles. The number of H-pyrrole nitrogens is 1. The molecule has 0 atom stereocenters. The minimum atomic E-state index is 0.122. The smallest absolute Gasteiger partial charge is 0.192 e. The predicted octanol–water partition coefficient (Wildman–Crippen LogP) is 2.95. The van der Waals surface area contributed by atoms with E-state index in [2.05, 4.69) is 9.97 Å². The number of benzene rings is 1. The van der Waals surface area contributed by atoms with Gasteiger partial charge in [0.25, 0.3) is 0 Å². The van der Waals surface area contributed by atoms with E-state index >= 15 is 0 Å². The summed E-state index contributed by atoms with van der Waals surface area (Å²) >= 11 is 0. The molecule has 0 saturated heterocycles. The highest BCUT2D eigenvalue weighted by Gasteiger charge is 2.10. The molecule has 0 fully saturated rings. The van der Waals surface area contributed by atoms with Gasteiger partial charge in [-0.1, -0.05) is 19.1 Å². The van der Waals surface area contributed by atoms with Crippen LogP contribution in [0.5, 0.6) is 0 Å². The van der Waals surface area contributed by atoms with Crippen molar-refractivity contribution in [3.05, 3.63) is 51.9 Å². The zero-order valence-electron chi connectivity index (χ0n) is 10.4. The Labute approximate surface area is 104 Å². The van der Waals surface area contributed by atoms with Gasteiger partial charge in [0, 0.05) is 28.2 Å². The van der Waals surface area contributed by atoms with E-state index in [0.29, 0.717) is 0 Å². The number of hydrogen-bond donors (Lipinski definition) is 1. The summed E-state index contributed by atoms with van der Waals surface area (Å²) in [5, 5.41) is 1.77. The van der Waals surface area contributed by atoms with E-state index < -0.39 is 0 Å². The first-order valence-corrected chi connectivity index (χ1v) is 6.11. The van der Waals surface area contributed by atoms with Gasteiger partial charge in [0.15, 0.2) is 5.43 Å². The average Bonchev–Trinajstić information content (AvgIpc) is 2.39. The van der Waals surface area contributed by atoms with E-state index in [1.165, 1.54) is 0 Å². The number of aromatic nitrogens is 2. The second-order valence-electron chi connectivity index (χ2n) is 4.47. The fourth-order valence-corrected chi connectivity index (χ4v) is 2.48. The van der Waals surface area contributed by atoms with Crippen molar-refractivity contribution in [1.82, 2.24) is 9.97 Å². The zero-order chi connectivity index (χ0) is 12.7. The molecule has 90 valence electrons. The Hall–Kier alpha value is -2.16. The van der Waals surface area contributed by atoms with Crippen LogP contribution in [0, 0.1) is 6.92 Å². The van der Waals surface area contributed by atoms with Crippen molar-refractivity contribution in [3.63, 3.8) is 0 Å². The molecule has 3 rings (SSSR count). The van der Waals surface area contributed by atoms with Gasteiger partial charge in [0.2, 0.25) is 0 Å². The summed E-state index contributed by atoms with van der Waals surface area (Å²) in [4.78, 5) is 20.1. The van der Waals surface area contributed by atoms with Crippen LogP contribution in [0.3, 0.4) is 0 Å². The molecule has 0 amide bonds. The lowest BCUT2D eigenvalue weighted by atomic mass is 10.0. The van der Waals surface area contributed by atoms with Crippen molar-refractivity contribution < 1.29 is 0 Å². The van der Waals surface area contributed by atoms with Crippen LogP contribution < -0.4 is 5.43 Å². The van der Waals surface area contributed by atoms with Gasteiger partial charge in [0.05, 0.1) is 11.0 Å². The summed E-state index contributed by atoms with van der Waals surface area (Å²) in [6, 6.07) is 7.74. The lowest BCUT2D eigenvalue weighted by Crippen LogP contribution is -2.12.